The van der Waals surface area contributed by atoms with Crippen LogP contribution in [0.5, 0.6) is 0 Å². The van der Waals surface area contributed by atoms with Gasteiger partial charge in [-0.25, -0.2) is 5.43 Å². The number of carbonyl (C=O) groups is 2. The second-order valence-corrected chi connectivity index (χ2v) is 15.6. The number of H-pyrrole nitrogens is 1. The van der Waals surface area contributed by atoms with E-state index in [1.807, 2.05) is 18.2 Å². The molecule has 0 aliphatic heterocycles. The molecule has 2 N–H and O–H groups in total. The number of hydrogen-bond donors (Lipinski definition) is 2. The van der Waals surface area contributed by atoms with E-state index in [1.54, 1.807) is 24.3 Å². The summed E-state index contributed by atoms with van der Waals surface area (Å²) in [4.78, 5) is 42.7. The van der Waals surface area contributed by atoms with Crippen LogP contribution in [-0.2, 0) is 9.53 Å². The predicted octanol–water partition coefficient (Wildman–Crippen LogP) is 8.86. The molecule has 0 bridgehead atoms. The summed E-state index contributed by atoms with van der Waals surface area (Å²) in [6.07, 6.45) is 14.8. The van der Waals surface area contributed by atoms with Crippen LogP contribution in [0.3, 0.4) is 0 Å². The number of nitrogens with zero attached hydrogens (tertiary/aromatic N) is 1. The minimum absolute atomic E-state index is 0.00275. The fraction of sp³-hybridized carbons (Fsp3) is 0.561. The van der Waals surface area contributed by atoms with E-state index in [-0.39, 0.29) is 34.2 Å². The molecule has 48 heavy (non-hydrogen) atoms. The molecular formula is C41H51N3O4. The molecule has 4 aliphatic carbocycles. The number of hydrazone groups is 1. The summed E-state index contributed by atoms with van der Waals surface area (Å²) < 4.78 is 6.22. The van der Waals surface area contributed by atoms with Gasteiger partial charge in [-0.2, -0.15) is 5.10 Å². The van der Waals surface area contributed by atoms with Gasteiger partial charge in [0.2, 0.25) is 0 Å². The lowest BCUT2D eigenvalue weighted by Crippen LogP contribution is -2.54. The van der Waals surface area contributed by atoms with Gasteiger partial charge in [0.1, 0.15) is 6.10 Å². The Morgan fingerprint density at radius 1 is 0.958 bits per heavy atom. The van der Waals surface area contributed by atoms with Gasteiger partial charge in [-0.15, -0.1) is 0 Å². The molecule has 3 fully saturated rings. The first kappa shape index (κ1) is 32.8. The molecule has 2 aromatic carbocycles. The van der Waals surface area contributed by atoms with Crippen LogP contribution in [0.15, 0.2) is 64.0 Å². The van der Waals surface area contributed by atoms with Crippen LogP contribution < -0.4 is 10.9 Å². The molecule has 4 aliphatic rings. The lowest BCUT2D eigenvalue weighted by molar-refractivity contribution is -0.161. The maximum absolute atomic E-state index is 13.5. The highest BCUT2D eigenvalue weighted by molar-refractivity contribution is 6.08. The zero-order valence-corrected chi connectivity index (χ0v) is 29.1. The Morgan fingerprint density at radius 2 is 1.77 bits per heavy atom. The average molecular weight is 650 g/mol. The van der Waals surface area contributed by atoms with Gasteiger partial charge in [-0.05, 0) is 118 Å². The van der Waals surface area contributed by atoms with E-state index in [9.17, 15) is 14.4 Å². The van der Waals surface area contributed by atoms with Gasteiger partial charge in [0.25, 0.3) is 5.91 Å². The van der Waals surface area contributed by atoms with Crippen molar-refractivity contribution < 1.29 is 14.3 Å². The minimum atomic E-state index is -0.328. The highest BCUT2D eigenvalue weighted by atomic mass is 16.5. The van der Waals surface area contributed by atoms with Crippen molar-refractivity contribution in [2.75, 3.05) is 0 Å². The van der Waals surface area contributed by atoms with E-state index >= 15 is 0 Å². The zero-order chi connectivity index (χ0) is 33.6. The molecule has 7 nitrogen and oxygen atoms in total. The van der Waals surface area contributed by atoms with Crippen LogP contribution in [0.25, 0.3) is 21.8 Å². The Labute approximate surface area is 284 Å². The summed E-state index contributed by atoms with van der Waals surface area (Å²) >= 11 is 0. The highest BCUT2D eigenvalue weighted by Gasteiger charge is 2.61. The maximum Gasteiger partial charge on any atom is 0.306 e. The topological polar surface area (TPSA) is 101 Å². The normalized spacial score (nSPS) is 32.0. The van der Waals surface area contributed by atoms with Gasteiger partial charge in [-0.1, -0.05) is 63.8 Å². The van der Waals surface area contributed by atoms with Crippen LogP contribution >= 0.6 is 0 Å². The summed E-state index contributed by atoms with van der Waals surface area (Å²) in [6, 6.07) is 12.6. The molecular weight excluding hydrogens is 598 g/mol. The first-order chi connectivity index (χ1) is 23.1. The standard InChI is InChI=1S/C41H51N3O4/c1-5-6-7-8-16-36(45)48-35-20-19-32-28-18-17-26-24-27(23-25(2)41(26,4)33(28)21-22-40(32,35)3)43-44-39(47)31-14-11-13-30-37(31)42-34-15-10-9-12-29(34)38(30)46/h9-15,23,26,28,32-33,35H,5-8,16-22,24H2,1-4H3,(H,42,46)(H,44,47)/b43-27+/t26?,28-,32-,33-,35-,40-,41-/m0/s1. The van der Waals surface area contributed by atoms with Gasteiger partial charge in [-0.3, -0.25) is 14.4 Å². The monoisotopic (exact) mass is 649 g/mol. The van der Waals surface area contributed by atoms with Gasteiger partial charge in [0.15, 0.2) is 5.43 Å². The molecule has 1 amide bonds. The molecule has 254 valence electrons. The lowest BCUT2D eigenvalue weighted by Gasteiger charge is -2.60. The highest BCUT2D eigenvalue weighted by Crippen LogP contribution is 2.66. The first-order valence-corrected chi connectivity index (χ1v) is 18.4. The number of ether oxygens (including phenoxy) is 1. The summed E-state index contributed by atoms with van der Waals surface area (Å²) in [6.45, 7) is 9.35. The fourth-order valence-electron chi connectivity index (χ4n) is 10.5. The number of carbonyl (C=O) groups excluding carboxylic acids is 2. The van der Waals surface area contributed by atoms with Crippen LogP contribution in [0.1, 0.15) is 115 Å². The number of unbranched alkanes of at least 4 members (excludes halogenated alkanes) is 3. The van der Waals surface area contributed by atoms with Crippen molar-refractivity contribution in [3.05, 3.63) is 69.9 Å². The molecule has 0 saturated heterocycles. The number of hydrogen-bond acceptors (Lipinski definition) is 5. The number of esters is 1. The zero-order valence-electron chi connectivity index (χ0n) is 29.1. The molecule has 1 aromatic heterocycles. The Balaban J connectivity index is 1.06. The Hall–Kier alpha value is -3.74. The number of aromatic amines is 1. The number of rotatable bonds is 8. The largest absolute Gasteiger partial charge is 0.462 e. The fourth-order valence-corrected chi connectivity index (χ4v) is 10.5. The third-order valence-corrected chi connectivity index (χ3v) is 13.3. The van der Waals surface area contributed by atoms with E-state index in [4.69, 9.17) is 4.74 Å². The summed E-state index contributed by atoms with van der Waals surface area (Å²) in [5.74, 6) is 1.99. The minimum Gasteiger partial charge on any atom is -0.462 e. The molecule has 7 heteroatoms. The predicted molar refractivity (Wildman–Crippen MR) is 192 cm³/mol. The number of aromatic nitrogens is 1. The van der Waals surface area contributed by atoms with Crippen LogP contribution in [0.4, 0.5) is 0 Å². The van der Waals surface area contributed by atoms with E-state index in [2.05, 4.69) is 49.3 Å². The molecule has 1 heterocycles. The van der Waals surface area contributed by atoms with Crippen molar-refractivity contribution in [1.82, 2.24) is 10.4 Å². The van der Waals surface area contributed by atoms with Crippen LogP contribution in [0.2, 0.25) is 0 Å². The first-order valence-electron chi connectivity index (χ1n) is 18.4. The molecule has 7 rings (SSSR count). The molecule has 7 atom stereocenters. The Bertz CT molecular complexity index is 1860. The third kappa shape index (κ3) is 5.51. The van der Waals surface area contributed by atoms with Crippen molar-refractivity contribution in [3.63, 3.8) is 0 Å². The number of pyridine rings is 1. The Morgan fingerprint density at radius 3 is 2.60 bits per heavy atom. The third-order valence-electron chi connectivity index (χ3n) is 13.3. The van der Waals surface area contributed by atoms with Crippen molar-refractivity contribution >= 4 is 39.4 Å². The van der Waals surface area contributed by atoms with E-state index < -0.39 is 0 Å². The second-order valence-electron chi connectivity index (χ2n) is 15.6. The van der Waals surface area contributed by atoms with E-state index in [0.29, 0.717) is 57.5 Å². The summed E-state index contributed by atoms with van der Waals surface area (Å²) in [7, 11) is 0. The quantitative estimate of drug-likeness (QED) is 0.110. The van der Waals surface area contributed by atoms with Crippen molar-refractivity contribution in [2.45, 2.75) is 111 Å². The van der Waals surface area contributed by atoms with Crippen LogP contribution in [-0.4, -0.2) is 28.7 Å². The lowest BCUT2D eigenvalue weighted by atomic mass is 9.45. The number of para-hydroxylation sites is 2. The van der Waals surface area contributed by atoms with Gasteiger partial charge >= 0.3 is 5.97 Å². The van der Waals surface area contributed by atoms with Gasteiger partial charge in [0, 0.05) is 28.1 Å². The molecule has 0 spiro atoms. The molecule has 3 saturated carbocycles. The van der Waals surface area contributed by atoms with E-state index in [1.165, 1.54) is 24.8 Å². The number of allylic oxidation sites excluding steroid dienone is 2. The van der Waals surface area contributed by atoms with Gasteiger partial charge in [0.05, 0.1) is 16.8 Å². The smallest absolute Gasteiger partial charge is 0.306 e. The number of amides is 1. The summed E-state index contributed by atoms with van der Waals surface area (Å²) in [5, 5.41) is 5.76. The average Bonchev–Trinajstić information content (AvgIpc) is 3.41. The van der Waals surface area contributed by atoms with Crippen molar-refractivity contribution in [1.29, 1.82) is 0 Å². The molecule has 3 aromatic rings. The second kappa shape index (κ2) is 12.9. The Kier molecular flexibility index (Phi) is 8.84. The van der Waals surface area contributed by atoms with Crippen molar-refractivity contribution in [2.24, 2.45) is 39.6 Å². The maximum atomic E-state index is 13.5. The number of nitrogens with one attached hydrogen (secondary N) is 2. The SMILES string of the molecule is CCCCCCC(=O)O[C@H]1CC[C@H]2[C@@H]3CCC4C/C(=N/NC(=O)c5cccc6c(=O)c7ccccc7[nH]c56)C=C(C)[C@]4(C)[C@H]3CC[C@]12C. The van der Waals surface area contributed by atoms with Gasteiger partial charge < -0.3 is 9.72 Å². The number of fused-ring (bicyclic) bond motifs is 7. The molecule has 0 radical (unpaired) electrons. The van der Waals surface area contributed by atoms with Crippen LogP contribution in [0, 0.1) is 34.5 Å². The number of benzene rings is 2. The van der Waals surface area contributed by atoms with Crippen molar-refractivity contribution in [3.8, 4) is 0 Å². The van der Waals surface area contributed by atoms with E-state index in [0.717, 1.165) is 57.1 Å². The molecule has 1 unspecified atom stereocenters. The summed E-state index contributed by atoms with van der Waals surface area (Å²) in [5.41, 5.74) is 6.82.